The van der Waals surface area contributed by atoms with Gasteiger partial charge in [-0.15, -0.1) is 0 Å². The minimum Gasteiger partial charge on any atom is -0.480 e. The molecule has 0 saturated heterocycles. The smallest absolute Gasteiger partial charge is 0.322 e. The van der Waals surface area contributed by atoms with E-state index in [1.54, 1.807) is 11.0 Å². The number of carbonyl (C=O) groups is 2. The van der Waals surface area contributed by atoms with E-state index in [0.717, 1.165) is 0 Å². The van der Waals surface area contributed by atoms with E-state index in [4.69, 9.17) is 10.4 Å². The highest BCUT2D eigenvalue weighted by molar-refractivity contribution is 5.98. The summed E-state index contributed by atoms with van der Waals surface area (Å²) in [7, 11) is 0. The zero-order chi connectivity index (χ0) is 12.6. The molecule has 6 heteroatoms. The standard InChI is InChI=1S/C10H15N3O3/c1-3-13(4-2)7-8(5-11)10(16)12-6-9(14)15/h7H,3-4,6H2,1-2H3,(H,12,16)(H,14,15)/b8-7-. The molecule has 0 rings (SSSR count). The van der Waals surface area contributed by atoms with E-state index in [9.17, 15) is 9.59 Å². The summed E-state index contributed by atoms with van der Waals surface area (Å²) in [6, 6.07) is 1.74. The molecule has 88 valence electrons. The van der Waals surface area contributed by atoms with Crippen molar-refractivity contribution in [2.75, 3.05) is 19.6 Å². The molecule has 16 heavy (non-hydrogen) atoms. The lowest BCUT2D eigenvalue weighted by Crippen LogP contribution is -2.31. The first-order chi connectivity index (χ1) is 7.54. The summed E-state index contributed by atoms with van der Waals surface area (Å²) in [6.45, 7) is 4.65. The maximum Gasteiger partial charge on any atom is 0.322 e. The van der Waals surface area contributed by atoms with Crippen molar-refractivity contribution in [1.82, 2.24) is 10.2 Å². The van der Waals surface area contributed by atoms with Crippen molar-refractivity contribution < 1.29 is 14.7 Å². The van der Waals surface area contributed by atoms with Gasteiger partial charge < -0.3 is 15.3 Å². The monoisotopic (exact) mass is 225 g/mol. The average Bonchev–Trinajstić information content (AvgIpc) is 2.27. The topological polar surface area (TPSA) is 93.4 Å². The van der Waals surface area contributed by atoms with Crippen LogP contribution in [0.4, 0.5) is 0 Å². The van der Waals surface area contributed by atoms with E-state index in [0.29, 0.717) is 13.1 Å². The third kappa shape index (κ3) is 5.00. The fourth-order valence-electron chi connectivity index (χ4n) is 0.978. The van der Waals surface area contributed by atoms with Gasteiger partial charge in [0, 0.05) is 19.3 Å². The highest BCUT2D eigenvalue weighted by Crippen LogP contribution is 1.97. The molecular weight excluding hydrogens is 210 g/mol. The predicted molar refractivity (Wildman–Crippen MR) is 57.3 cm³/mol. The third-order valence-corrected chi connectivity index (χ3v) is 1.89. The molecule has 0 spiro atoms. The second-order valence-electron chi connectivity index (χ2n) is 2.95. The van der Waals surface area contributed by atoms with Crippen LogP contribution in [0.5, 0.6) is 0 Å². The summed E-state index contributed by atoms with van der Waals surface area (Å²) < 4.78 is 0. The quantitative estimate of drug-likeness (QED) is 0.487. The zero-order valence-electron chi connectivity index (χ0n) is 9.36. The minimum atomic E-state index is -1.14. The molecule has 0 unspecified atom stereocenters. The average molecular weight is 225 g/mol. The highest BCUT2D eigenvalue weighted by atomic mass is 16.4. The molecule has 0 aromatic carbocycles. The zero-order valence-corrected chi connectivity index (χ0v) is 9.36. The SMILES string of the molecule is CCN(/C=C(/C#N)C(=O)NCC(=O)O)CC. The van der Waals surface area contributed by atoms with Crippen LogP contribution in [0.25, 0.3) is 0 Å². The number of nitrogens with one attached hydrogen (secondary N) is 1. The molecule has 1 amide bonds. The maximum absolute atomic E-state index is 11.4. The summed E-state index contributed by atoms with van der Waals surface area (Å²) in [5.74, 6) is -1.81. The van der Waals surface area contributed by atoms with Crippen LogP contribution in [0.1, 0.15) is 13.8 Å². The first kappa shape index (κ1) is 14.0. The Hall–Kier alpha value is -2.03. The second-order valence-corrected chi connectivity index (χ2v) is 2.95. The number of rotatable bonds is 6. The molecule has 0 fully saturated rings. The van der Waals surface area contributed by atoms with Gasteiger partial charge in [0.25, 0.3) is 5.91 Å². The number of amides is 1. The number of carboxylic acid groups (broad SMARTS) is 1. The number of aliphatic carboxylic acids is 1. The summed E-state index contributed by atoms with van der Waals surface area (Å²) in [4.78, 5) is 23.4. The lowest BCUT2D eigenvalue weighted by molar-refractivity contribution is -0.137. The molecule has 0 radical (unpaired) electrons. The molecule has 0 bridgehead atoms. The molecule has 0 atom stereocenters. The molecule has 2 N–H and O–H groups in total. The van der Waals surface area contributed by atoms with Crippen LogP contribution in [0, 0.1) is 11.3 Å². The van der Waals surface area contributed by atoms with Crippen LogP contribution in [0.3, 0.4) is 0 Å². The van der Waals surface area contributed by atoms with Crippen LogP contribution in [-0.4, -0.2) is 41.5 Å². The lowest BCUT2D eigenvalue weighted by atomic mass is 10.3. The molecule has 0 saturated carbocycles. The minimum absolute atomic E-state index is 0.0926. The number of nitrogens with zero attached hydrogens (tertiary/aromatic N) is 2. The fourth-order valence-corrected chi connectivity index (χ4v) is 0.978. The largest absolute Gasteiger partial charge is 0.480 e. The molecule has 0 aliphatic heterocycles. The summed E-state index contributed by atoms with van der Waals surface area (Å²) >= 11 is 0. The Balaban J connectivity index is 4.54. The Morgan fingerprint density at radius 2 is 2.00 bits per heavy atom. The molecule has 0 aromatic heterocycles. The van der Waals surface area contributed by atoms with E-state index in [1.807, 2.05) is 13.8 Å². The van der Waals surface area contributed by atoms with Gasteiger partial charge in [0.2, 0.25) is 0 Å². The lowest BCUT2D eigenvalue weighted by Gasteiger charge is -2.15. The second kappa shape index (κ2) is 7.29. The van der Waals surface area contributed by atoms with Gasteiger partial charge in [-0.3, -0.25) is 9.59 Å². The number of hydrogen-bond donors (Lipinski definition) is 2. The number of carbonyl (C=O) groups excluding carboxylic acids is 1. The molecule has 0 aliphatic rings. The van der Waals surface area contributed by atoms with Crippen molar-refractivity contribution in [2.45, 2.75) is 13.8 Å². The van der Waals surface area contributed by atoms with E-state index >= 15 is 0 Å². The van der Waals surface area contributed by atoms with Crippen LogP contribution in [0.2, 0.25) is 0 Å². The van der Waals surface area contributed by atoms with Crippen molar-refractivity contribution >= 4 is 11.9 Å². The Kier molecular flexibility index (Phi) is 6.36. The Labute approximate surface area is 94.2 Å². The molecular formula is C10H15N3O3. The number of nitriles is 1. The Bertz CT molecular complexity index is 327. The molecule has 0 aromatic rings. The molecule has 6 nitrogen and oxygen atoms in total. The van der Waals surface area contributed by atoms with Crippen molar-refractivity contribution in [3.05, 3.63) is 11.8 Å². The van der Waals surface area contributed by atoms with Gasteiger partial charge in [0.05, 0.1) is 0 Å². The Morgan fingerprint density at radius 3 is 2.38 bits per heavy atom. The van der Waals surface area contributed by atoms with E-state index < -0.39 is 18.4 Å². The molecule has 0 aliphatic carbocycles. The van der Waals surface area contributed by atoms with Gasteiger partial charge in [0.15, 0.2) is 0 Å². The summed E-state index contributed by atoms with van der Waals surface area (Å²) in [6.07, 6.45) is 1.43. The Morgan fingerprint density at radius 1 is 1.44 bits per heavy atom. The third-order valence-electron chi connectivity index (χ3n) is 1.89. The fraction of sp³-hybridized carbons (Fsp3) is 0.500. The van der Waals surface area contributed by atoms with Gasteiger partial charge >= 0.3 is 5.97 Å². The predicted octanol–water partition coefficient (Wildman–Crippen LogP) is -0.0635. The van der Waals surface area contributed by atoms with Crippen LogP contribution >= 0.6 is 0 Å². The van der Waals surface area contributed by atoms with Gasteiger partial charge in [0.1, 0.15) is 18.2 Å². The van der Waals surface area contributed by atoms with Gasteiger partial charge in [-0.25, -0.2) is 0 Å². The van der Waals surface area contributed by atoms with E-state index in [1.165, 1.54) is 6.20 Å². The first-order valence-corrected chi connectivity index (χ1v) is 4.91. The number of hydrogen-bond acceptors (Lipinski definition) is 4. The van der Waals surface area contributed by atoms with E-state index in [2.05, 4.69) is 5.32 Å². The van der Waals surface area contributed by atoms with Crippen molar-refractivity contribution in [3.8, 4) is 6.07 Å². The first-order valence-electron chi connectivity index (χ1n) is 4.91. The van der Waals surface area contributed by atoms with Crippen molar-refractivity contribution in [3.63, 3.8) is 0 Å². The number of carboxylic acids is 1. The van der Waals surface area contributed by atoms with E-state index in [-0.39, 0.29) is 5.57 Å². The van der Waals surface area contributed by atoms with Gasteiger partial charge in [-0.2, -0.15) is 5.26 Å². The normalized spacial score (nSPS) is 10.4. The van der Waals surface area contributed by atoms with Gasteiger partial charge in [-0.05, 0) is 13.8 Å². The van der Waals surface area contributed by atoms with Crippen LogP contribution in [0.15, 0.2) is 11.8 Å². The van der Waals surface area contributed by atoms with Crippen molar-refractivity contribution in [1.29, 1.82) is 5.26 Å². The summed E-state index contributed by atoms with van der Waals surface area (Å²) in [5, 5.41) is 19.2. The maximum atomic E-state index is 11.4. The molecule has 0 heterocycles. The van der Waals surface area contributed by atoms with Crippen molar-refractivity contribution in [2.24, 2.45) is 0 Å². The van der Waals surface area contributed by atoms with Crippen LogP contribution in [-0.2, 0) is 9.59 Å². The summed E-state index contributed by atoms with van der Waals surface area (Å²) in [5.41, 5.74) is -0.0926. The highest BCUT2D eigenvalue weighted by Gasteiger charge is 2.10. The van der Waals surface area contributed by atoms with Gasteiger partial charge in [-0.1, -0.05) is 0 Å². The van der Waals surface area contributed by atoms with Crippen LogP contribution < -0.4 is 5.32 Å².